The van der Waals surface area contributed by atoms with Crippen LogP contribution in [-0.4, -0.2) is 17.6 Å². The topological polar surface area (TPSA) is 24.9 Å². The molecule has 1 saturated carbocycles. The Balaban J connectivity index is 1.96. The van der Waals surface area contributed by atoms with Crippen LogP contribution in [0.2, 0.25) is 0 Å². The van der Waals surface area contributed by atoms with Crippen molar-refractivity contribution in [1.82, 2.24) is 10.3 Å². The summed E-state index contributed by atoms with van der Waals surface area (Å²) in [5.74, 6) is 0. The number of alkyl halides is 3. The molecule has 102 valence electrons. The van der Waals surface area contributed by atoms with Crippen molar-refractivity contribution < 1.29 is 13.2 Å². The third kappa shape index (κ3) is 3.45. The second-order valence-electron chi connectivity index (χ2n) is 5.39. The van der Waals surface area contributed by atoms with Gasteiger partial charge in [0.25, 0.3) is 0 Å². The van der Waals surface area contributed by atoms with E-state index >= 15 is 0 Å². The number of hydrogen-bond donors (Lipinski definition) is 1. The van der Waals surface area contributed by atoms with Crippen molar-refractivity contribution in [3.05, 3.63) is 16.1 Å². The van der Waals surface area contributed by atoms with Crippen molar-refractivity contribution in [2.24, 2.45) is 0 Å². The van der Waals surface area contributed by atoms with Gasteiger partial charge in [0, 0.05) is 22.5 Å². The van der Waals surface area contributed by atoms with E-state index in [1.165, 1.54) is 19.0 Å². The fourth-order valence-corrected chi connectivity index (χ4v) is 2.63. The molecule has 0 saturated heterocycles. The first kappa shape index (κ1) is 13.8. The second kappa shape index (κ2) is 4.81. The predicted molar refractivity (Wildman–Crippen MR) is 65.8 cm³/mol. The summed E-state index contributed by atoms with van der Waals surface area (Å²) < 4.78 is 37.5. The van der Waals surface area contributed by atoms with Crippen LogP contribution in [0, 0.1) is 0 Å². The van der Waals surface area contributed by atoms with E-state index in [1.807, 2.05) is 13.8 Å². The maximum atomic E-state index is 12.5. The zero-order valence-electron chi connectivity index (χ0n) is 10.5. The molecular weight excluding hydrogens is 261 g/mol. The molecule has 2 rings (SSSR count). The molecule has 1 aromatic rings. The molecule has 1 aliphatic carbocycles. The van der Waals surface area contributed by atoms with Gasteiger partial charge < -0.3 is 5.32 Å². The lowest BCUT2D eigenvalue weighted by Crippen LogP contribution is -2.26. The minimum atomic E-state index is -4.33. The largest absolute Gasteiger partial charge is 0.443 e. The summed E-state index contributed by atoms with van der Waals surface area (Å²) in [7, 11) is 0. The summed E-state index contributed by atoms with van der Waals surface area (Å²) in [4.78, 5) is 4.18. The first-order valence-electron chi connectivity index (χ1n) is 6.06. The number of nitrogens with one attached hydrogen (secondary N) is 1. The highest BCUT2D eigenvalue weighted by Crippen LogP contribution is 2.38. The number of aromatic nitrogens is 1. The summed E-state index contributed by atoms with van der Waals surface area (Å²) in [6, 6.07) is 0.632. The molecule has 1 aliphatic rings. The quantitative estimate of drug-likeness (QED) is 0.890. The van der Waals surface area contributed by atoms with Gasteiger partial charge in [-0.2, -0.15) is 13.2 Å². The van der Waals surface area contributed by atoms with Gasteiger partial charge in [-0.3, -0.25) is 0 Å². The molecule has 0 unspecified atom stereocenters. The van der Waals surface area contributed by atoms with E-state index in [9.17, 15) is 13.2 Å². The van der Waals surface area contributed by atoms with E-state index in [0.29, 0.717) is 10.9 Å². The smallest absolute Gasteiger partial charge is 0.314 e. The minimum Gasteiger partial charge on any atom is -0.314 e. The number of halogens is 3. The van der Waals surface area contributed by atoms with Gasteiger partial charge in [0.15, 0.2) is 5.01 Å². The van der Waals surface area contributed by atoms with Crippen LogP contribution in [0.3, 0.4) is 0 Å². The molecule has 0 amide bonds. The summed E-state index contributed by atoms with van der Waals surface area (Å²) in [5.41, 5.74) is -0.261. The Morgan fingerprint density at radius 3 is 2.56 bits per heavy atom. The molecule has 0 radical (unpaired) electrons. The molecule has 0 aromatic carbocycles. The van der Waals surface area contributed by atoms with E-state index < -0.39 is 11.2 Å². The first-order chi connectivity index (χ1) is 8.29. The lowest BCUT2D eigenvalue weighted by molar-refractivity contribution is -0.137. The highest BCUT2D eigenvalue weighted by atomic mass is 32.1. The zero-order chi connectivity index (χ0) is 13.4. The van der Waals surface area contributed by atoms with Gasteiger partial charge >= 0.3 is 6.18 Å². The molecule has 1 fully saturated rings. The van der Waals surface area contributed by atoms with Gasteiger partial charge in [-0.1, -0.05) is 13.8 Å². The number of rotatable bonds is 5. The van der Waals surface area contributed by atoms with Crippen LogP contribution < -0.4 is 5.32 Å². The summed E-state index contributed by atoms with van der Waals surface area (Å²) in [6.07, 6.45) is 0.303. The molecule has 18 heavy (non-hydrogen) atoms. The molecule has 1 N–H and O–H groups in total. The van der Waals surface area contributed by atoms with E-state index in [-0.39, 0.29) is 5.41 Å². The van der Waals surface area contributed by atoms with Crippen LogP contribution in [-0.2, 0) is 11.6 Å². The van der Waals surface area contributed by atoms with Crippen LogP contribution >= 0.6 is 11.3 Å². The normalized spacial score (nSPS) is 17.2. The molecule has 0 bridgehead atoms. The summed E-state index contributed by atoms with van der Waals surface area (Å²) in [6.45, 7) is 4.78. The number of hydrogen-bond acceptors (Lipinski definition) is 3. The van der Waals surface area contributed by atoms with Gasteiger partial charge in [-0.15, -0.1) is 11.3 Å². The van der Waals surface area contributed by atoms with Crippen LogP contribution in [0.1, 0.15) is 43.0 Å². The Morgan fingerprint density at radius 2 is 2.06 bits per heavy atom. The summed E-state index contributed by atoms with van der Waals surface area (Å²) >= 11 is 0.757. The fraction of sp³-hybridized carbons (Fsp3) is 0.750. The van der Waals surface area contributed by atoms with Gasteiger partial charge in [0.05, 0.1) is 0 Å². The molecule has 1 heterocycles. The second-order valence-corrected chi connectivity index (χ2v) is 6.42. The average molecular weight is 278 g/mol. The van der Waals surface area contributed by atoms with Gasteiger partial charge in [0.1, 0.15) is 0 Å². The molecule has 0 atom stereocenters. The summed E-state index contributed by atoms with van der Waals surface area (Å²) in [5, 5.41) is 2.63. The SMILES string of the molecule is CC(C)(CCNC1CC1)c1cnc(C(F)(F)F)s1. The molecule has 1 aromatic heterocycles. The Kier molecular flexibility index (Phi) is 3.69. The fourth-order valence-electron chi connectivity index (χ4n) is 1.72. The molecule has 0 spiro atoms. The lowest BCUT2D eigenvalue weighted by Gasteiger charge is -2.22. The van der Waals surface area contributed by atoms with Crippen LogP contribution in [0.15, 0.2) is 6.20 Å². The average Bonchev–Trinajstić information content (AvgIpc) is 2.91. The monoisotopic (exact) mass is 278 g/mol. The van der Waals surface area contributed by atoms with E-state index in [0.717, 1.165) is 24.3 Å². The van der Waals surface area contributed by atoms with Crippen molar-refractivity contribution in [3.63, 3.8) is 0 Å². The minimum absolute atomic E-state index is 0.261. The standard InChI is InChI=1S/C12H17F3N2S/c1-11(2,5-6-16-8-3-4-8)9-7-17-10(18-9)12(13,14)15/h7-8,16H,3-6H2,1-2H3. The van der Waals surface area contributed by atoms with Crippen molar-refractivity contribution in [2.75, 3.05) is 6.54 Å². The Bertz CT molecular complexity index is 408. The Hall–Kier alpha value is -0.620. The third-order valence-electron chi connectivity index (χ3n) is 3.18. The van der Waals surface area contributed by atoms with Crippen molar-refractivity contribution in [2.45, 2.75) is 50.7 Å². The molecule has 6 heteroatoms. The van der Waals surface area contributed by atoms with Crippen molar-refractivity contribution >= 4 is 11.3 Å². The van der Waals surface area contributed by atoms with Crippen LogP contribution in [0.25, 0.3) is 0 Å². The first-order valence-corrected chi connectivity index (χ1v) is 6.87. The highest BCUT2D eigenvalue weighted by molar-refractivity contribution is 7.11. The zero-order valence-corrected chi connectivity index (χ0v) is 11.3. The Labute approximate surface area is 109 Å². The van der Waals surface area contributed by atoms with E-state index in [2.05, 4.69) is 10.3 Å². The van der Waals surface area contributed by atoms with Crippen LogP contribution in [0.4, 0.5) is 13.2 Å². The number of nitrogens with zero attached hydrogens (tertiary/aromatic N) is 1. The third-order valence-corrected chi connectivity index (χ3v) is 4.58. The van der Waals surface area contributed by atoms with Crippen molar-refractivity contribution in [1.29, 1.82) is 0 Å². The maximum absolute atomic E-state index is 12.5. The van der Waals surface area contributed by atoms with Gasteiger partial charge in [0.2, 0.25) is 0 Å². The van der Waals surface area contributed by atoms with Gasteiger partial charge in [-0.05, 0) is 25.8 Å². The lowest BCUT2D eigenvalue weighted by atomic mass is 9.88. The molecule has 0 aliphatic heterocycles. The van der Waals surface area contributed by atoms with Crippen LogP contribution in [0.5, 0.6) is 0 Å². The van der Waals surface area contributed by atoms with E-state index in [4.69, 9.17) is 0 Å². The van der Waals surface area contributed by atoms with E-state index in [1.54, 1.807) is 0 Å². The number of thiazole rings is 1. The Morgan fingerprint density at radius 1 is 1.39 bits per heavy atom. The maximum Gasteiger partial charge on any atom is 0.443 e. The molecule has 2 nitrogen and oxygen atoms in total. The highest BCUT2D eigenvalue weighted by Gasteiger charge is 2.36. The molecular formula is C12H17F3N2S. The predicted octanol–water partition coefficient (Wildman–Crippen LogP) is 3.58. The van der Waals surface area contributed by atoms with Gasteiger partial charge in [-0.25, -0.2) is 4.98 Å². The van der Waals surface area contributed by atoms with Crippen molar-refractivity contribution in [3.8, 4) is 0 Å².